The predicted octanol–water partition coefficient (Wildman–Crippen LogP) is 3.82. The molecule has 1 atom stereocenters. The standard InChI is InChI=1S/C31H42N4O5/c1-21(2)31(37)34(12-11-33-13-15-40-16-14-33)20-30(36)35-27(25-9-10-28(38-5)29(18-25)39-6)19-26(32-35)24-8-7-22(3)23(4)17-24/h7-10,17-18,21,27H,11-16,19-20H2,1-6H3/t27-/m0/s1. The minimum absolute atomic E-state index is 0.0329. The third kappa shape index (κ3) is 6.82. The minimum Gasteiger partial charge on any atom is -0.493 e. The molecule has 0 N–H and O–H groups in total. The van der Waals surface area contributed by atoms with E-state index in [9.17, 15) is 9.59 Å². The number of ether oxygens (including phenoxy) is 3. The number of carbonyl (C=O) groups excluding carboxylic acids is 2. The first-order chi connectivity index (χ1) is 19.2. The molecule has 40 heavy (non-hydrogen) atoms. The number of hydrogen-bond donors (Lipinski definition) is 0. The average Bonchev–Trinajstić information content (AvgIpc) is 3.42. The molecular formula is C31H42N4O5. The molecule has 0 spiro atoms. The van der Waals surface area contributed by atoms with Crippen LogP contribution in [0.5, 0.6) is 11.5 Å². The van der Waals surface area contributed by atoms with Crippen molar-refractivity contribution in [3.63, 3.8) is 0 Å². The van der Waals surface area contributed by atoms with Gasteiger partial charge >= 0.3 is 0 Å². The molecule has 1 fully saturated rings. The van der Waals surface area contributed by atoms with Crippen molar-refractivity contribution in [2.24, 2.45) is 11.0 Å². The zero-order chi connectivity index (χ0) is 28.8. The van der Waals surface area contributed by atoms with Crippen molar-refractivity contribution >= 4 is 17.5 Å². The maximum atomic E-state index is 13.9. The Kier molecular flexibility index (Phi) is 9.81. The highest BCUT2D eigenvalue weighted by Gasteiger charge is 2.35. The molecule has 0 saturated carbocycles. The summed E-state index contributed by atoms with van der Waals surface area (Å²) in [4.78, 5) is 31.1. The highest BCUT2D eigenvalue weighted by molar-refractivity contribution is 6.03. The van der Waals surface area contributed by atoms with Crippen molar-refractivity contribution in [3.05, 3.63) is 58.7 Å². The van der Waals surface area contributed by atoms with Crippen LogP contribution in [0.4, 0.5) is 0 Å². The predicted molar refractivity (Wildman–Crippen MR) is 155 cm³/mol. The van der Waals surface area contributed by atoms with E-state index in [0.717, 1.165) is 29.9 Å². The molecule has 216 valence electrons. The molecule has 0 aliphatic carbocycles. The van der Waals surface area contributed by atoms with E-state index in [-0.39, 0.29) is 30.3 Å². The largest absolute Gasteiger partial charge is 0.493 e. The van der Waals surface area contributed by atoms with Crippen molar-refractivity contribution in [2.75, 3.05) is 60.2 Å². The van der Waals surface area contributed by atoms with Gasteiger partial charge in [-0.25, -0.2) is 5.01 Å². The first-order valence-electron chi connectivity index (χ1n) is 14.0. The summed E-state index contributed by atoms with van der Waals surface area (Å²) < 4.78 is 16.4. The number of rotatable bonds is 10. The van der Waals surface area contributed by atoms with Crippen LogP contribution in [0.1, 0.15) is 48.6 Å². The second-order valence-corrected chi connectivity index (χ2v) is 10.8. The Labute approximate surface area is 237 Å². The number of methoxy groups -OCH3 is 2. The monoisotopic (exact) mass is 550 g/mol. The van der Waals surface area contributed by atoms with Crippen LogP contribution < -0.4 is 9.47 Å². The summed E-state index contributed by atoms with van der Waals surface area (Å²) in [7, 11) is 3.20. The zero-order valence-corrected chi connectivity index (χ0v) is 24.6. The molecule has 2 amide bonds. The van der Waals surface area contributed by atoms with Crippen LogP contribution in [0.2, 0.25) is 0 Å². The lowest BCUT2D eigenvalue weighted by atomic mass is 9.96. The molecule has 2 aliphatic rings. The Hall–Kier alpha value is -3.43. The van der Waals surface area contributed by atoms with E-state index in [0.29, 0.717) is 44.2 Å². The molecule has 9 heteroatoms. The van der Waals surface area contributed by atoms with Gasteiger partial charge in [0.15, 0.2) is 11.5 Å². The lowest BCUT2D eigenvalue weighted by Crippen LogP contribution is -2.47. The van der Waals surface area contributed by atoms with Crippen LogP contribution in [0.3, 0.4) is 0 Å². The summed E-state index contributed by atoms with van der Waals surface area (Å²) in [6.07, 6.45) is 0.551. The maximum absolute atomic E-state index is 13.9. The van der Waals surface area contributed by atoms with E-state index in [2.05, 4.69) is 36.9 Å². The smallest absolute Gasteiger partial charge is 0.262 e. The summed E-state index contributed by atoms with van der Waals surface area (Å²) in [6, 6.07) is 11.6. The number of carbonyl (C=O) groups is 2. The van der Waals surface area contributed by atoms with E-state index in [1.807, 2.05) is 32.0 Å². The quantitative estimate of drug-likeness (QED) is 0.447. The van der Waals surface area contributed by atoms with Gasteiger partial charge in [0, 0.05) is 38.5 Å². The van der Waals surface area contributed by atoms with Crippen molar-refractivity contribution in [2.45, 2.75) is 40.2 Å². The molecule has 9 nitrogen and oxygen atoms in total. The minimum atomic E-state index is -0.334. The fraction of sp³-hybridized carbons (Fsp3) is 0.516. The van der Waals surface area contributed by atoms with Crippen LogP contribution in [0.15, 0.2) is 41.5 Å². The second-order valence-electron chi connectivity index (χ2n) is 10.8. The second kappa shape index (κ2) is 13.3. The molecule has 2 aromatic rings. The molecule has 0 radical (unpaired) electrons. The lowest BCUT2D eigenvalue weighted by molar-refractivity contribution is -0.143. The normalized spacial score (nSPS) is 17.6. The van der Waals surface area contributed by atoms with Crippen LogP contribution in [-0.4, -0.2) is 92.5 Å². The molecule has 0 aromatic heterocycles. The van der Waals surface area contributed by atoms with Gasteiger partial charge in [-0.05, 0) is 54.3 Å². The molecule has 2 aliphatic heterocycles. The average molecular weight is 551 g/mol. The third-order valence-electron chi connectivity index (χ3n) is 7.72. The molecule has 4 rings (SSSR count). The van der Waals surface area contributed by atoms with Gasteiger partial charge in [0.05, 0.1) is 39.2 Å². The van der Waals surface area contributed by atoms with E-state index in [1.165, 1.54) is 11.1 Å². The fourth-order valence-electron chi connectivity index (χ4n) is 5.11. The van der Waals surface area contributed by atoms with Gasteiger partial charge < -0.3 is 19.1 Å². The zero-order valence-electron chi connectivity index (χ0n) is 24.6. The number of hydrogen-bond acceptors (Lipinski definition) is 7. The Bertz CT molecular complexity index is 1240. The highest BCUT2D eigenvalue weighted by Crippen LogP contribution is 2.37. The van der Waals surface area contributed by atoms with Gasteiger partial charge in [-0.1, -0.05) is 32.0 Å². The molecule has 2 aromatic carbocycles. The van der Waals surface area contributed by atoms with Crippen molar-refractivity contribution < 1.29 is 23.8 Å². The number of benzene rings is 2. The number of amides is 2. The van der Waals surface area contributed by atoms with Gasteiger partial charge in [-0.15, -0.1) is 0 Å². The van der Waals surface area contributed by atoms with E-state index >= 15 is 0 Å². The van der Waals surface area contributed by atoms with Gasteiger partial charge in [-0.2, -0.15) is 5.10 Å². The van der Waals surface area contributed by atoms with Crippen molar-refractivity contribution in [1.29, 1.82) is 0 Å². The SMILES string of the molecule is COc1ccc([C@@H]2CC(c3ccc(C)c(C)c3)=NN2C(=O)CN(CCN2CCOCC2)C(=O)C(C)C)cc1OC. The van der Waals surface area contributed by atoms with Gasteiger partial charge in [-0.3, -0.25) is 14.5 Å². The maximum Gasteiger partial charge on any atom is 0.262 e. The molecule has 2 heterocycles. The Morgan fingerprint density at radius 1 is 1.02 bits per heavy atom. The summed E-state index contributed by atoms with van der Waals surface area (Å²) >= 11 is 0. The van der Waals surface area contributed by atoms with Crippen molar-refractivity contribution in [1.82, 2.24) is 14.8 Å². The lowest BCUT2D eigenvalue weighted by Gasteiger charge is -2.31. The van der Waals surface area contributed by atoms with E-state index < -0.39 is 0 Å². The number of nitrogens with zero attached hydrogens (tertiary/aromatic N) is 4. The van der Waals surface area contributed by atoms with Crippen LogP contribution in [0, 0.1) is 19.8 Å². The Morgan fingerprint density at radius 3 is 2.40 bits per heavy atom. The van der Waals surface area contributed by atoms with Crippen LogP contribution >= 0.6 is 0 Å². The molecular weight excluding hydrogens is 508 g/mol. The summed E-state index contributed by atoms with van der Waals surface area (Å²) in [5.41, 5.74) is 5.10. The fourth-order valence-corrected chi connectivity index (χ4v) is 5.11. The Morgan fingerprint density at radius 2 is 1.75 bits per heavy atom. The summed E-state index contributed by atoms with van der Waals surface area (Å²) in [6.45, 7) is 12.1. The number of morpholine rings is 1. The Balaban J connectivity index is 1.62. The van der Waals surface area contributed by atoms with Crippen molar-refractivity contribution in [3.8, 4) is 11.5 Å². The van der Waals surface area contributed by atoms with Gasteiger partial charge in [0.2, 0.25) is 5.91 Å². The molecule has 0 bridgehead atoms. The van der Waals surface area contributed by atoms with Gasteiger partial charge in [0.25, 0.3) is 5.91 Å². The molecule has 0 unspecified atom stereocenters. The first-order valence-corrected chi connectivity index (χ1v) is 14.0. The number of hydrazone groups is 1. The van der Waals surface area contributed by atoms with Crippen LogP contribution in [-0.2, 0) is 14.3 Å². The summed E-state index contributed by atoms with van der Waals surface area (Å²) in [5.74, 6) is 0.743. The third-order valence-corrected chi connectivity index (χ3v) is 7.72. The first kappa shape index (κ1) is 29.6. The molecule has 1 saturated heterocycles. The highest BCUT2D eigenvalue weighted by atomic mass is 16.5. The topological polar surface area (TPSA) is 83.9 Å². The summed E-state index contributed by atoms with van der Waals surface area (Å²) in [5, 5.41) is 6.41. The van der Waals surface area contributed by atoms with E-state index in [1.54, 1.807) is 24.1 Å². The van der Waals surface area contributed by atoms with Crippen LogP contribution in [0.25, 0.3) is 0 Å². The van der Waals surface area contributed by atoms with E-state index in [4.69, 9.17) is 19.3 Å². The number of aryl methyl sites for hydroxylation is 2. The van der Waals surface area contributed by atoms with Gasteiger partial charge in [0.1, 0.15) is 6.54 Å².